The van der Waals surface area contributed by atoms with E-state index in [4.69, 9.17) is 0 Å². The first kappa shape index (κ1) is 28.3. The fraction of sp³-hybridized carbons (Fsp3) is 0.429. The number of hydrazine groups is 1. The highest BCUT2D eigenvalue weighted by molar-refractivity contribution is 6.09. The Balaban J connectivity index is 1.71. The largest absolute Gasteiger partial charge is 0.504 e. The Kier molecular flexibility index (Phi) is 9.05. The topological polar surface area (TPSA) is 131 Å². The van der Waals surface area contributed by atoms with Gasteiger partial charge in [0.15, 0.2) is 11.4 Å². The Labute approximate surface area is 226 Å². The molecule has 11 heteroatoms. The summed E-state index contributed by atoms with van der Waals surface area (Å²) in [7, 11) is 0. The molecule has 1 aliphatic heterocycles. The third-order valence-electron chi connectivity index (χ3n) is 6.92. The van der Waals surface area contributed by atoms with Crippen molar-refractivity contribution in [1.82, 2.24) is 30.6 Å². The number of aromatic nitrogens is 2. The van der Waals surface area contributed by atoms with Crippen LogP contribution in [-0.2, 0) is 6.42 Å². The molecule has 0 aliphatic carbocycles. The van der Waals surface area contributed by atoms with Crippen molar-refractivity contribution in [1.29, 1.82) is 0 Å². The van der Waals surface area contributed by atoms with E-state index in [-0.39, 0.29) is 35.3 Å². The van der Waals surface area contributed by atoms with E-state index in [9.17, 15) is 24.2 Å². The molecule has 0 spiro atoms. The summed E-state index contributed by atoms with van der Waals surface area (Å²) in [6.07, 6.45) is 1.65. The van der Waals surface area contributed by atoms with E-state index >= 15 is 0 Å². The van der Waals surface area contributed by atoms with E-state index in [1.54, 1.807) is 31.3 Å². The van der Waals surface area contributed by atoms with Gasteiger partial charge in [0, 0.05) is 44.3 Å². The van der Waals surface area contributed by atoms with Crippen LogP contribution >= 0.6 is 0 Å². The molecule has 1 atom stereocenters. The summed E-state index contributed by atoms with van der Waals surface area (Å²) in [5, 5.41) is 31.0. The highest BCUT2D eigenvalue weighted by Gasteiger charge is 2.31. The third-order valence-corrected chi connectivity index (χ3v) is 6.92. The molecule has 0 radical (unpaired) electrons. The zero-order valence-electron chi connectivity index (χ0n) is 22.4. The highest BCUT2D eigenvalue weighted by atomic mass is 19.1. The Morgan fingerprint density at radius 2 is 1.72 bits per heavy atom. The minimum Gasteiger partial charge on any atom is -0.504 e. The number of aromatic hydroxyl groups is 1. The van der Waals surface area contributed by atoms with Crippen LogP contribution in [0.1, 0.15) is 59.3 Å². The van der Waals surface area contributed by atoms with Crippen LogP contribution in [0.5, 0.6) is 5.75 Å². The van der Waals surface area contributed by atoms with Crippen molar-refractivity contribution in [2.75, 3.05) is 32.7 Å². The number of hydrogen-bond acceptors (Lipinski definition) is 8. The standard InChI is InChI=1S/C28H35FN6O4/c1-4-21(36)14-31-27(38)25-26(37)23-22(12-18(13-30-23)11-17-7-9-19(29)10-8-17)24(33-25)28(39)32-20-15-34(5-2)35(6-3)16-20/h7-10,12-13,20-21,36-37H,4-6,11,14-16H2,1-3H3,(H,31,38)(H,32,39). The number of amides is 2. The SMILES string of the molecule is CCC(O)CNC(=O)c1nc(C(=O)NC2CN(CC)N(CC)C2)c2cc(Cc3ccc(F)cc3)cnc2c1O. The average molecular weight is 539 g/mol. The summed E-state index contributed by atoms with van der Waals surface area (Å²) in [6.45, 7) is 8.76. The molecule has 1 unspecified atom stereocenters. The van der Waals surface area contributed by atoms with Gasteiger partial charge in [-0.05, 0) is 42.2 Å². The summed E-state index contributed by atoms with van der Waals surface area (Å²) in [4.78, 5) is 35.2. The normalized spacial score (nSPS) is 15.5. The molecule has 3 heterocycles. The molecule has 4 N–H and O–H groups in total. The summed E-state index contributed by atoms with van der Waals surface area (Å²) in [5.41, 5.74) is 1.26. The number of halogens is 1. The molecule has 1 fully saturated rings. The number of pyridine rings is 2. The van der Waals surface area contributed by atoms with Crippen LogP contribution in [0.25, 0.3) is 10.9 Å². The molecule has 2 amide bonds. The molecular formula is C28H35FN6O4. The van der Waals surface area contributed by atoms with Crippen molar-refractivity contribution >= 4 is 22.7 Å². The van der Waals surface area contributed by atoms with Crippen LogP contribution in [0.4, 0.5) is 4.39 Å². The minimum atomic E-state index is -0.753. The lowest BCUT2D eigenvalue weighted by molar-refractivity contribution is 0.0388. The number of nitrogens with zero attached hydrogens (tertiary/aromatic N) is 4. The van der Waals surface area contributed by atoms with Gasteiger partial charge in [-0.2, -0.15) is 0 Å². The van der Waals surface area contributed by atoms with Crippen LogP contribution in [0.3, 0.4) is 0 Å². The van der Waals surface area contributed by atoms with Gasteiger partial charge < -0.3 is 20.8 Å². The molecule has 208 valence electrons. The predicted octanol–water partition coefficient (Wildman–Crippen LogP) is 2.24. The van der Waals surface area contributed by atoms with Gasteiger partial charge in [-0.1, -0.05) is 32.9 Å². The van der Waals surface area contributed by atoms with Gasteiger partial charge in [-0.25, -0.2) is 19.4 Å². The van der Waals surface area contributed by atoms with E-state index < -0.39 is 23.7 Å². The zero-order valence-corrected chi connectivity index (χ0v) is 22.4. The van der Waals surface area contributed by atoms with Crippen LogP contribution in [0.2, 0.25) is 0 Å². The molecule has 3 aromatic rings. The Morgan fingerprint density at radius 3 is 2.33 bits per heavy atom. The Bertz CT molecular complexity index is 1320. The van der Waals surface area contributed by atoms with E-state index in [0.717, 1.165) is 24.2 Å². The maximum absolute atomic E-state index is 13.6. The van der Waals surface area contributed by atoms with E-state index in [1.165, 1.54) is 12.1 Å². The molecule has 39 heavy (non-hydrogen) atoms. The average Bonchev–Trinajstić information content (AvgIpc) is 3.34. The van der Waals surface area contributed by atoms with Crippen molar-refractivity contribution < 1.29 is 24.2 Å². The fourth-order valence-electron chi connectivity index (χ4n) is 4.72. The number of aliphatic hydroxyl groups is 1. The minimum absolute atomic E-state index is 0.0260. The summed E-state index contributed by atoms with van der Waals surface area (Å²) < 4.78 is 13.4. The van der Waals surface area contributed by atoms with Crippen molar-refractivity contribution in [2.24, 2.45) is 0 Å². The number of aliphatic hydroxyl groups excluding tert-OH is 1. The van der Waals surface area contributed by atoms with E-state index in [2.05, 4.69) is 44.5 Å². The molecule has 0 bridgehead atoms. The lowest BCUT2D eigenvalue weighted by Crippen LogP contribution is -2.39. The first-order valence-electron chi connectivity index (χ1n) is 13.3. The number of carbonyl (C=O) groups excluding carboxylic acids is 2. The molecule has 10 nitrogen and oxygen atoms in total. The van der Waals surface area contributed by atoms with E-state index in [1.807, 2.05) is 0 Å². The van der Waals surface area contributed by atoms with Crippen molar-refractivity contribution in [2.45, 2.75) is 45.8 Å². The highest BCUT2D eigenvalue weighted by Crippen LogP contribution is 2.29. The first-order chi connectivity index (χ1) is 18.7. The maximum atomic E-state index is 13.6. The lowest BCUT2D eigenvalue weighted by Gasteiger charge is -2.24. The van der Waals surface area contributed by atoms with Gasteiger partial charge in [0.05, 0.1) is 12.1 Å². The molecule has 1 aromatic carbocycles. The third kappa shape index (κ3) is 6.49. The molecule has 2 aromatic heterocycles. The number of likely N-dealkylation sites (N-methyl/N-ethyl adjacent to an activating group) is 2. The molecular weight excluding hydrogens is 503 g/mol. The summed E-state index contributed by atoms with van der Waals surface area (Å²) in [5.74, 6) is -1.99. The van der Waals surface area contributed by atoms with Gasteiger partial charge in [-0.3, -0.25) is 14.6 Å². The van der Waals surface area contributed by atoms with Crippen molar-refractivity contribution in [3.8, 4) is 5.75 Å². The maximum Gasteiger partial charge on any atom is 0.273 e. The monoisotopic (exact) mass is 538 g/mol. The Morgan fingerprint density at radius 1 is 1.05 bits per heavy atom. The Hall–Kier alpha value is -3.67. The van der Waals surface area contributed by atoms with Gasteiger partial charge in [0.2, 0.25) is 0 Å². The lowest BCUT2D eigenvalue weighted by atomic mass is 10.0. The first-order valence-corrected chi connectivity index (χ1v) is 13.3. The second-order valence-corrected chi connectivity index (χ2v) is 9.65. The van der Waals surface area contributed by atoms with Crippen molar-refractivity contribution in [3.63, 3.8) is 0 Å². The second kappa shape index (κ2) is 12.5. The van der Waals surface area contributed by atoms with Crippen LogP contribution in [0, 0.1) is 5.82 Å². The van der Waals surface area contributed by atoms with Crippen LogP contribution in [0.15, 0.2) is 36.5 Å². The number of carbonyl (C=O) groups is 2. The zero-order chi connectivity index (χ0) is 28.1. The summed E-state index contributed by atoms with van der Waals surface area (Å²) in [6, 6.07) is 7.63. The quantitative estimate of drug-likeness (QED) is 0.309. The number of nitrogens with one attached hydrogen (secondary N) is 2. The van der Waals surface area contributed by atoms with Crippen LogP contribution in [-0.4, -0.2) is 86.9 Å². The molecule has 1 aliphatic rings. The van der Waals surface area contributed by atoms with Crippen molar-refractivity contribution in [3.05, 3.63) is 64.9 Å². The molecule has 1 saturated heterocycles. The van der Waals surface area contributed by atoms with Gasteiger partial charge in [0.25, 0.3) is 11.8 Å². The van der Waals surface area contributed by atoms with E-state index in [0.29, 0.717) is 31.3 Å². The van der Waals surface area contributed by atoms with Crippen LogP contribution < -0.4 is 10.6 Å². The fourth-order valence-corrected chi connectivity index (χ4v) is 4.72. The number of hydrogen-bond donors (Lipinski definition) is 4. The second-order valence-electron chi connectivity index (χ2n) is 9.65. The number of benzene rings is 1. The number of fused-ring (bicyclic) bond motifs is 1. The van der Waals surface area contributed by atoms with Gasteiger partial charge in [0.1, 0.15) is 17.0 Å². The van der Waals surface area contributed by atoms with Gasteiger partial charge >= 0.3 is 0 Å². The predicted molar refractivity (Wildman–Crippen MR) is 145 cm³/mol. The molecule has 4 rings (SSSR count). The number of rotatable bonds is 10. The smallest absolute Gasteiger partial charge is 0.273 e. The molecule has 0 saturated carbocycles. The summed E-state index contributed by atoms with van der Waals surface area (Å²) >= 11 is 0. The van der Waals surface area contributed by atoms with Gasteiger partial charge in [-0.15, -0.1) is 0 Å².